The van der Waals surface area contributed by atoms with Crippen molar-refractivity contribution in [3.63, 3.8) is 0 Å². The topological polar surface area (TPSA) is 48.9 Å². The van der Waals surface area contributed by atoms with E-state index in [1.165, 1.54) is 18.4 Å². The van der Waals surface area contributed by atoms with Crippen molar-refractivity contribution in [3.05, 3.63) is 29.8 Å². The third-order valence-corrected chi connectivity index (χ3v) is 3.52. The average Bonchev–Trinajstić information content (AvgIpc) is 2.56. The van der Waals surface area contributed by atoms with E-state index in [0.29, 0.717) is 0 Å². The number of hydrogen-bond donors (Lipinski definition) is 2. The number of ether oxygens (including phenoxy) is 1. The van der Waals surface area contributed by atoms with E-state index in [0.717, 1.165) is 37.9 Å². The van der Waals surface area contributed by atoms with Crippen molar-refractivity contribution in [1.82, 2.24) is 15.5 Å². The van der Waals surface area contributed by atoms with Gasteiger partial charge in [0.1, 0.15) is 5.75 Å². The van der Waals surface area contributed by atoms with Gasteiger partial charge in [0.25, 0.3) is 0 Å². The maximum absolute atomic E-state index is 5.16. The van der Waals surface area contributed by atoms with Crippen LogP contribution < -0.4 is 15.4 Å². The maximum atomic E-state index is 5.16. The molecule has 5 nitrogen and oxygen atoms in total. The number of unbranched alkanes of at least 4 members (excludes halogenated alkanes) is 1. The number of rotatable bonds is 9. The summed E-state index contributed by atoms with van der Waals surface area (Å²) in [4.78, 5) is 6.59. The van der Waals surface area contributed by atoms with Crippen molar-refractivity contribution < 1.29 is 4.74 Å². The second-order valence-electron chi connectivity index (χ2n) is 5.36. The average molecular weight is 306 g/mol. The van der Waals surface area contributed by atoms with Crippen LogP contribution in [0.1, 0.15) is 25.3 Å². The number of aliphatic imine (C=N–C) groups is 1. The normalized spacial score (nSPS) is 11.6. The van der Waals surface area contributed by atoms with Crippen LogP contribution >= 0.6 is 0 Å². The number of guanidine groups is 1. The van der Waals surface area contributed by atoms with Crippen LogP contribution in [0.15, 0.2) is 29.3 Å². The lowest BCUT2D eigenvalue weighted by Crippen LogP contribution is -2.40. The first-order chi connectivity index (χ1) is 10.7. The van der Waals surface area contributed by atoms with E-state index in [4.69, 9.17) is 4.74 Å². The van der Waals surface area contributed by atoms with Crippen LogP contribution in [0.5, 0.6) is 5.75 Å². The van der Waals surface area contributed by atoms with Gasteiger partial charge in [0.15, 0.2) is 5.96 Å². The Hall–Kier alpha value is -1.75. The fraction of sp³-hybridized carbons (Fsp3) is 0.588. The molecule has 1 aromatic carbocycles. The molecule has 0 radical (unpaired) electrons. The molecule has 1 aromatic rings. The number of likely N-dealkylation sites (N-methyl/N-ethyl adjacent to an activating group) is 1. The van der Waals surface area contributed by atoms with Crippen LogP contribution in [0, 0.1) is 0 Å². The third-order valence-electron chi connectivity index (χ3n) is 3.52. The van der Waals surface area contributed by atoms with Crippen molar-refractivity contribution in [2.24, 2.45) is 4.99 Å². The predicted molar refractivity (Wildman–Crippen MR) is 93.6 cm³/mol. The van der Waals surface area contributed by atoms with Crippen LogP contribution in [0.3, 0.4) is 0 Å². The molecule has 0 saturated heterocycles. The van der Waals surface area contributed by atoms with Gasteiger partial charge in [-0.05, 0) is 37.7 Å². The molecule has 0 aliphatic carbocycles. The van der Waals surface area contributed by atoms with Crippen molar-refractivity contribution in [2.75, 3.05) is 40.8 Å². The molecule has 124 valence electrons. The lowest BCUT2D eigenvalue weighted by atomic mass is 10.2. The molecule has 0 saturated carbocycles. The molecule has 0 heterocycles. The minimum absolute atomic E-state index is 0.745. The van der Waals surface area contributed by atoms with Crippen molar-refractivity contribution in [3.8, 4) is 5.75 Å². The number of benzene rings is 1. The molecule has 2 N–H and O–H groups in total. The zero-order chi connectivity index (χ0) is 16.2. The quantitative estimate of drug-likeness (QED) is 0.542. The van der Waals surface area contributed by atoms with Gasteiger partial charge in [0, 0.05) is 26.7 Å². The highest BCUT2D eigenvalue weighted by molar-refractivity contribution is 5.79. The van der Waals surface area contributed by atoms with Gasteiger partial charge in [-0.1, -0.05) is 25.5 Å². The molecule has 22 heavy (non-hydrogen) atoms. The summed E-state index contributed by atoms with van der Waals surface area (Å²) in [5.74, 6) is 1.71. The van der Waals surface area contributed by atoms with Gasteiger partial charge >= 0.3 is 0 Å². The first kappa shape index (κ1) is 18.3. The summed E-state index contributed by atoms with van der Waals surface area (Å²) < 4.78 is 5.16. The molecule has 5 heteroatoms. The largest absolute Gasteiger partial charge is 0.497 e. The van der Waals surface area contributed by atoms with E-state index in [2.05, 4.69) is 46.6 Å². The Morgan fingerprint density at radius 2 is 1.91 bits per heavy atom. The monoisotopic (exact) mass is 306 g/mol. The molecule has 0 unspecified atom stereocenters. The maximum Gasteiger partial charge on any atom is 0.191 e. The summed E-state index contributed by atoms with van der Waals surface area (Å²) in [5.41, 5.74) is 1.20. The Morgan fingerprint density at radius 3 is 2.50 bits per heavy atom. The Morgan fingerprint density at radius 1 is 1.18 bits per heavy atom. The van der Waals surface area contributed by atoms with Gasteiger partial charge in [-0.3, -0.25) is 4.99 Å². The number of hydrogen-bond acceptors (Lipinski definition) is 3. The Kier molecular flexibility index (Phi) is 9.07. The zero-order valence-corrected chi connectivity index (χ0v) is 14.4. The van der Waals surface area contributed by atoms with Gasteiger partial charge in [-0.15, -0.1) is 0 Å². The fourth-order valence-corrected chi connectivity index (χ4v) is 2.05. The highest BCUT2D eigenvalue weighted by Gasteiger charge is 2.01. The van der Waals surface area contributed by atoms with Gasteiger partial charge in [-0.2, -0.15) is 0 Å². The molecule has 0 bridgehead atoms. The van der Waals surface area contributed by atoms with Gasteiger partial charge in [0.05, 0.1) is 7.11 Å². The number of nitrogens with zero attached hydrogens (tertiary/aromatic N) is 2. The standard InChI is InChI=1S/C17H30N4O/c1-5-6-12-21(3)13-11-19-17(18-2)20-14-15-7-9-16(22-4)10-8-15/h7-10H,5-6,11-14H2,1-4H3,(H2,18,19,20). The summed E-state index contributed by atoms with van der Waals surface area (Å²) >= 11 is 0. The molecule has 0 atom stereocenters. The Bertz CT molecular complexity index is 431. The molecule has 0 fully saturated rings. The van der Waals surface area contributed by atoms with E-state index in [1.807, 2.05) is 12.1 Å². The summed E-state index contributed by atoms with van der Waals surface area (Å²) in [7, 11) is 5.63. The van der Waals surface area contributed by atoms with E-state index in [1.54, 1.807) is 14.2 Å². The van der Waals surface area contributed by atoms with Crippen LogP contribution in [0.25, 0.3) is 0 Å². The molecule has 0 amide bonds. The van der Waals surface area contributed by atoms with Crippen LogP contribution in [0.4, 0.5) is 0 Å². The third kappa shape index (κ3) is 7.31. The van der Waals surface area contributed by atoms with Crippen molar-refractivity contribution in [1.29, 1.82) is 0 Å². The van der Waals surface area contributed by atoms with Gasteiger partial charge in [-0.25, -0.2) is 0 Å². The summed E-state index contributed by atoms with van der Waals surface area (Å²) in [5, 5.41) is 6.66. The van der Waals surface area contributed by atoms with E-state index in [9.17, 15) is 0 Å². The van der Waals surface area contributed by atoms with E-state index >= 15 is 0 Å². The van der Waals surface area contributed by atoms with Crippen LogP contribution in [-0.2, 0) is 6.54 Å². The summed E-state index contributed by atoms with van der Waals surface area (Å²) in [6.45, 7) is 6.02. The molecular formula is C17H30N4O. The van der Waals surface area contributed by atoms with Crippen LogP contribution in [0.2, 0.25) is 0 Å². The predicted octanol–water partition coefficient (Wildman–Crippen LogP) is 2.09. The minimum atomic E-state index is 0.745. The minimum Gasteiger partial charge on any atom is -0.497 e. The SMILES string of the molecule is CCCCN(C)CCNC(=NC)NCc1ccc(OC)cc1. The Labute approximate surface area is 134 Å². The molecule has 0 aromatic heterocycles. The highest BCUT2D eigenvalue weighted by atomic mass is 16.5. The molecular weight excluding hydrogens is 276 g/mol. The van der Waals surface area contributed by atoms with Crippen molar-refractivity contribution >= 4 is 5.96 Å². The molecule has 0 aliphatic rings. The highest BCUT2D eigenvalue weighted by Crippen LogP contribution is 2.10. The van der Waals surface area contributed by atoms with Crippen LogP contribution in [-0.4, -0.2) is 51.7 Å². The number of nitrogens with one attached hydrogen (secondary N) is 2. The molecule has 1 rings (SSSR count). The lowest BCUT2D eigenvalue weighted by molar-refractivity contribution is 0.332. The molecule has 0 spiro atoms. The second kappa shape index (κ2) is 10.9. The summed E-state index contributed by atoms with van der Waals surface area (Å²) in [6.07, 6.45) is 2.49. The summed E-state index contributed by atoms with van der Waals surface area (Å²) in [6, 6.07) is 8.04. The van der Waals surface area contributed by atoms with Gasteiger partial charge in [0.2, 0.25) is 0 Å². The molecule has 0 aliphatic heterocycles. The Balaban J connectivity index is 2.27. The fourth-order valence-electron chi connectivity index (χ4n) is 2.05. The smallest absolute Gasteiger partial charge is 0.191 e. The first-order valence-electron chi connectivity index (χ1n) is 7.95. The van der Waals surface area contributed by atoms with Crippen molar-refractivity contribution in [2.45, 2.75) is 26.3 Å². The number of methoxy groups -OCH3 is 1. The second-order valence-corrected chi connectivity index (χ2v) is 5.36. The van der Waals surface area contributed by atoms with E-state index in [-0.39, 0.29) is 0 Å². The lowest BCUT2D eigenvalue weighted by Gasteiger charge is -2.18. The first-order valence-corrected chi connectivity index (χ1v) is 7.95. The van der Waals surface area contributed by atoms with Gasteiger partial charge < -0.3 is 20.3 Å². The van der Waals surface area contributed by atoms with E-state index < -0.39 is 0 Å². The zero-order valence-electron chi connectivity index (χ0n) is 14.4.